The molecule has 22 heavy (non-hydrogen) atoms. The van der Waals surface area contributed by atoms with Crippen LogP contribution in [0, 0.1) is 21.7 Å². The summed E-state index contributed by atoms with van der Waals surface area (Å²) in [6.07, 6.45) is 0. The van der Waals surface area contributed by atoms with Crippen LogP contribution in [-0.4, -0.2) is 10.8 Å². The number of benzene rings is 2. The average molecular weight is 392 g/mol. The summed E-state index contributed by atoms with van der Waals surface area (Å²) in [4.78, 5) is 22.1. The molecule has 0 bridgehead atoms. The van der Waals surface area contributed by atoms with Crippen LogP contribution in [0.1, 0.15) is 10.4 Å². The first kappa shape index (κ1) is 16.3. The zero-order valence-electron chi connectivity index (χ0n) is 10.6. The Morgan fingerprint density at radius 1 is 1.27 bits per heavy atom. The van der Waals surface area contributed by atoms with Gasteiger partial charge in [-0.2, -0.15) is 0 Å². The molecule has 0 fully saturated rings. The third-order valence-electron chi connectivity index (χ3n) is 2.65. The Balaban J connectivity index is 2.34. The maximum Gasteiger partial charge on any atom is 0.288 e. The van der Waals surface area contributed by atoms with Crippen molar-refractivity contribution in [3.05, 3.63) is 67.1 Å². The Morgan fingerprint density at radius 2 is 1.95 bits per heavy atom. The largest absolute Gasteiger partial charge is 0.319 e. The van der Waals surface area contributed by atoms with Gasteiger partial charge in [0.05, 0.1) is 10.6 Å². The van der Waals surface area contributed by atoms with Crippen molar-refractivity contribution in [2.45, 2.75) is 0 Å². The standard InChI is InChI=1S/C13H6BrClF2N2O3/c14-8-4-7(16)5-10(17)12(8)18-13(20)6-1-2-9(15)11(3-6)19(21)22/h1-5H,(H,18,20). The van der Waals surface area contributed by atoms with Gasteiger partial charge in [-0.15, -0.1) is 0 Å². The fourth-order valence-corrected chi connectivity index (χ4v) is 2.33. The molecule has 2 aromatic carbocycles. The molecule has 1 N–H and O–H groups in total. The molecular weight excluding hydrogens is 386 g/mol. The van der Waals surface area contributed by atoms with Gasteiger partial charge in [0, 0.05) is 22.2 Å². The molecule has 9 heteroatoms. The Hall–Kier alpha value is -2.06. The fraction of sp³-hybridized carbons (Fsp3) is 0. The predicted octanol–water partition coefficient (Wildman–Crippen LogP) is 4.54. The molecule has 2 rings (SSSR count). The monoisotopic (exact) mass is 390 g/mol. The lowest BCUT2D eigenvalue weighted by atomic mass is 10.2. The Kier molecular flexibility index (Phi) is 4.72. The predicted molar refractivity (Wildman–Crippen MR) is 80.1 cm³/mol. The summed E-state index contributed by atoms with van der Waals surface area (Å²) in [5, 5.41) is 12.9. The number of rotatable bonds is 3. The summed E-state index contributed by atoms with van der Waals surface area (Å²) < 4.78 is 26.6. The smallest absolute Gasteiger partial charge is 0.288 e. The highest BCUT2D eigenvalue weighted by Gasteiger charge is 2.18. The second-order valence-electron chi connectivity index (χ2n) is 4.12. The van der Waals surface area contributed by atoms with Gasteiger partial charge in [0.25, 0.3) is 11.6 Å². The quantitative estimate of drug-likeness (QED) is 0.617. The van der Waals surface area contributed by atoms with Crippen LogP contribution in [0.5, 0.6) is 0 Å². The van der Waals surface area contributed by atoms with Gasteiger partial charge in [0.2, 0.25) is 0 Å². The molecule has 2 aromatic rings. The number of anilines is 1. The number of hydrogen-bond donors (Lipinski definition) is 1. The molecule has 0 spiro atoms. The SMILES string of the molecule is O=C(Nc1c(F)cc(F)cc1Br)c1ccc(Cl)c([N+](=O)[O-])c1. The van der Waals surface area contributed by atoms with E-state index in [4.69, 9.17) is 11.6 Å². The molecule has 1 amide bonds. The highest BCUT2D eigenvalue weighted by Crippen LogP contribution is 2.29. The maximum absolute atomic E-state index is 13.6. The Labute approximate surface area is 136 Å². The van der Waals surface area contributed by atoms with Gasteiger partial charge in [-0.25, -0.2) is 8.78 Å². The molecule has 0 aliphatic carbocycles. The number of hydrogen-bond acceptors (Lipinski definition) is 3. The lowest BCUT2D eigenvalue weighted by molar-refractivity contribution is -0.384. The highest BCUT2D eigenvalue weighted by atomic mass is 79.9. The molecule has 0 aliphatic heterocycles. The van der Waals surface area contributed by atoms with Gasteiger partial charge in [0.1, 0.15) is 10.8 Å². The number of amides is 1. The van der Waals surface area contributed by atoms with Gasteiger partial charge in [-0.1, -0.05) is 11.6 Å². The van der Waals surface area contributed by atoms with E-state index in [0.717, 1.165) is 12.1 Å². The zero-order valence-corrected chi connectivity index (χ0v) is 12.9. The van der Waals surface area contributed by atoms with Gasteiger partial charge >= 0.3 is 0 Å². The third kappa shape index (κ3) is 3.40. The number of nitro benzene ring substituents is 1. The van der Waals surface area contributed by atoms with E-state index in [1.807, 2.05) is 0 Å². The summed E-state index contributed by atoms with van der Waals surface area (Å²) in [5.74, 6) is -2.60. The van der Waals surface area contributed by atoms with E-state index < -0.39 is 28.2 Å². The van der Waals surface area contributed by atoms with E-state index in [0.29, 0.717) is 6.07 Å². The first-order chi connectivity index (χ1) is 10.3. The van der Waals surface area contributed by atoms with Gasteiger partial charge in [-0.05, 0) is 34.1 Å². The van der Waals surface area contributed by atoms with E-state index in [9.17, 15) is 23.7 Å². The second kappa shape index (κ2) is 6.37. The molecule has 0 atom stereocenters. The first-order valence-electron chi connectivity index (χ1n) is 5.69. The normalized spacial score (nSPS) is 10.4. The van der Waals surface area contributed by atoms with Gasteiger partial charge in [-0.3, -0.25) is 14.9 Å². The van der Waals surface area contributed by atoms with E-state index in [2.05, 4.69) is 21.2 Å². The van der Waals surface area contributed by atoms with Crippen LogP contribution < -0.4 is 5.32 Å². The highest BCUT2D eigenvalue weighted by molar-refractivity contribution is 9.10. The Bertz CT molecular complexity index is 763. The minimum atomic E-state index is -0.983. The molecular formula is C13H6BrClF2N2O3. The Morgan fingerprint density at radius 3 is 2.55 bits per heavy atom. The minimum Gasteiger partial charge on any atom is -0.319 e. The van der Waals surface area contributed by atoms with E-state index in [-0.39, 0.29) is 20.7 Å². The van der Waals surface area contributed by atoms with Crippen LogP contribution in [0.4, 0.5) is 20.2 Å². The van der Waals surface area contributed by atoms with Crippen LogP contribution in [0.2, 0.25) is 5.02 Å². The summed E-state index contributed by atoms with van der Waals surface area (Å²) in [7, 11) is 0. The molecule has 5 nitrogen and oxygen atoms in total. The molecule has 0 aliphatic rings. The van der Waals surface area contributed by atoms with Crippen LogP contribution in [0.15, 0.2) is 34.8 Å². The number of carbonyl (C=O) groups is 1. The summed E-state index contributed by atoms with van der Waals surface area (Å²) >= 11 is 8.57. The third-order valence-corrected chi connectivity index (χ3v) is 3.60. The van der Waals surface area contributed by atoms with Crippen molar-refractivity contribution in [3.8, 4) is 0 Å². The fourth-order valence-electron chi connectivity index (χ4n) is 1.64. The molecule has 0 saturated carbocycles. The average Bonchev–Trinajstić information content (AvgIpc) is 2.42. The molecule has 114 valence electrons. The molecule has 0 saturated heterocycles. The van der Waals surface area contributed by atoms with Crippen molar-refractivity contribution < 1.29 is 18.5 Å². The van der Waals surface area contributed by atoms with Crippen LogP contribution >= 0.6 is 27.5 Å². The van der Waals surface area contributed by atoms with E-state index >= 15 is 0 Å². The second-order valence-corrected chi connectivity index (χ2v) is 5.38. The molecule has 0 aromatic heterocycles. The molecule has 0 heterocycles. The number of nitro groups is 1. The van der Waals surface area contributed by atoms with E-state index in [1.165, 1.54) is 12.1 Å². The molecule has 0 unspecified atom stereocenters. The topological polar surface area (TPSA) is 72.2 Å². The van der Waals surface area contributed by atoms with E-state index in [1.54, 1.807) is 0 Å². The minimum absolute atomic E-state index is 0.00168. The van der Waals surface area contributed by atoms with Crippen molar-refractivity contribution in [1.29, 1.82) is 0 Å². The van der Waals surface area contributed by atoms with Gasteiger partial charge in [0.15, 0.2) is 5.82 Å². The lowest BCUT2D eigenvalue weighted by Crippen LogP contribution is -2.14. The number of halogens is 4. The van der Waals surface area contributed by atoms with Crippen molar-refractivity contribution >= 4 is 44.8 Å². The first-order valence-corrected chi connectivity index (χ1v) is 6.86. The van der Waals surface area contributed by atoms with Crippen molar-refractivity contribution in [1.82, 2.24) is 0 Å². The molecule has 0 radical (unpaired) electrons. The van der Waals surface area contributed by atoms with Crippen LogP contribution in [0.25, 0.3) is 0 Å². The summed E-state index contributed by atoms with van der Waals surface area (Å²) in [6, 6.07) is 4.98. The lowest BCUT2D eigenvalue weighted by Gasteiger charge is -2.09. The summed E-state index contributed by atoms with van der Waals surface area (Å²) in [6.45, 7) is 0. The van der Waals surface area contributed by atoms with Crippen molar-refractivity contribution in [3.63, 3.8) is 0 Å². The number of carbonyl (C=O) groups excluding carboxylic acids is 1. The maximum atomic E-state index is 13.6. The van der Waals surface area contributed by atoms with Crippen LogP contribution in [0.3, 0.4) is 0 Å². The summed E-state index contributed by atoms with van der Waals surface area (Å²) in [5.41, 5.74) is -0.816. The van der Waals surface area contributed by atoms with Crippen molar-refractivity contribution in [2.75, 3.05) is 5.32 Å². The number of nitrogens with one attached hydrogen (secondary N) is 1. The number of nitrogens with zero attached hydrogens (tertiary/aromatic N) is 1. The zero-order chi connectivity index (χ0) is 16.4. The van der Waals surface area contributed by atoms with Crippen molar-refractivity contribution in [2.24, 2.45) is 0 Å². The van der Waals surface area contributed by atoms with Gasteiger partial charge < -0.3 is 5.32 Å². The van der Waals surface area contributed by atoms with Crippen LogP contribution in [-0.2, 0) is 0 Å².